The predicted molar refractivity (Wildman–Crippen MR) is 92.3 cm³/mol. The van der Waals surface area contributed by atoms with Gasteiger partial charge in [0.05, 0.1) is 0 Å². The molecule has 1 aliphatic heterocycles. The number of benzene rings is 1. The minimum atomic E-state index is -0.347. The molecule has 0 radical (unpaired) electrons. The maximum Gasteiger partial charge on any atom is 0.220 e. The molecule has 1 aromatic rings. The van der Waals surface area contributed by atoms with Crippen LogP contribution in [0.1, 0.15) is 45.1 Å². The summed E-state index contributed by atoms with van der Waals surface area (Å²) in [4.78, 5) is 12.1. The van der Waals surface area contributed by atoms with Crippen molar-refractivity contribution in [1.82, 2.24) is 10.6 Å². The summed E-state index contributed by atoms with van der Waals surface area (Å²) in [6.07, 6.45) is 3.83. The second-order valence-electron chi connectivity index (χ2n) is 7.02. The van der Waals surface area contributed by atoms with E-state index in [1.165, 1.54) is 12.1 Å². The van der Waals surface area contributed by atoms with Gasteiger partial charge < -0.3 is 10.6 Å². The van der Waals surface area contributed by atoms with Crippen LogP contribution in [0.3, 0.4) is 0 Å². The molecule has 0 atom stereocenters. The third-order valence-corrected chi connectivity index (χ3v) is 4.94. The smallest absolute Gasteiger partial charge is 0.220 e. The Bertz CT molecular complexity index is 542. The highest BCUT2D eigenvalue weighted by Gasteiger charge is 2.24. The van der Waals surface area contributed by atoms with Gasteiger partial charge in [0.1, 0.15) is 5.82 Å². The van der Waals surface area contributed by atoms with Gasteiger partial charge in [-0.25, -0.2) is 4.39 Å². The van der Waals surface area contributed by atoms with Gasteiger partial charge in [0, 0.05) is 23.4 Å². The van der Waals surface area contributed by atoms with E-state index in [2.05, 4.69) is 10.6 Å². The van der Waals surface area contributed by atoms with Crippen LogP contribution in [-0.4, -0.2) is 25.5 Å². The summed E-state index contributed by atoms with van der Waals surface area (Å²) in [5.74, 6) is 0.386. The number of rotatable bonds is 6. The minimum Gasteiger partial charge on any atom is -0.355 e. The zero-order valence-electron chi connectivity index (χ0n) is 13.9. The number of hydrogen-bond donors (Lipinski definition) is 2. The first kappa shape index (κ1) is 18.2. The van der Waals surface area contributed by atoms with Crippen LogP contribution in [0, 0.1) is 11.7 Å². The summed E-state index contributed by atoms with van der Waals surface area (Å²) < 4.78 is 13.2. The number of piperidine rings is 1. The van der Waals surface area contributed by atoms with Crippen molar-refractivity contribution < 1.29 is 9.18 Å². The molecular formula is C18H26ClFN2O. The van der Waals surface area contributed by atoms with E-state index in [-0.39, 0.29) is 17.1 Å². The first-order chi connectivity index (χ1) is 10.9. The lowest BCUT2D eigenvalue weighted by atomic mass is 9.84. The largest absolute Gasteiger partial charge is 0.355 e. The highest BCUT2D eigenvalue weighted by atomic mass is 35.5. The van der Waals surface area contributed by atoms with Crippen LogP contribution in [0.5, 0.6) is 0 Å². The molecule has 1 aliphatic rings. The van der Waals surface area contributed by atoms with Crippen molar-refractivity contribution >= 4 is 17.5 Å². The third kappa shape index (κ3) is 5.47. The van der Waals surface area contributed by atoms with E-state index in [9.17, 15) is 9.18 Å². The average Bonchev–Trinajstić information content (AvgIpc) is 2.51. The number of carbonyl (C=O) groups excluding carboxylic acids is 1. The molecule has 23 heavy (non-hydrogen) atoms. The van der Waals surface area contributed by atoms with Crippen molar-refractivity contribution in [2.75, 3.05) is 19.6 Å². The molecule has 0 spiro atoms. The van der Waals surface area contributed by atoms with Crippen molar-refractivity contribution in [1.29, 1.82) is 0 Å². The van der Waals surface area contributed by atoms with Crippen LogP contribution < -0.4 is 10.6 Å². The normalized spacial score (nSPS) is 16.3. The molecule has 1 aromatic carbocycles. The quantitative estimate of drug-likeness (QED) is 0.830. The van der Waals surface area contributed by atoms with Gasteiger partial charge in [-0.3, -0.25) is 4.79 Å². The predicted octanol–water partition coefficient (Wildman–Crippen LogP) is 3.65. The van der Waals surface area contributed by atoms with Crippen LogP contribution in [0.15, 0.2) is 18.2 Å². The number of carbonyl (C=O) groups is 1. The second kappa shape index (κ2) is 8.11. The number of halogens is 2. The summed E-state index contributed by atoms with van der Waals surface area (Å²) in [6, 6.07) is 4.41. The van der Waals surface area contributed by atoms with E-state index in [0.29, 0.717) is 23.9 Å². The van der Waals surface area contributed by atoms with Crippen molar-refractivity contribution in [3.05, 3.63) is 34.6 Å². The van der Waals surface area contributed by atoms with E-state index in [1.54, 1.807) is 6.07 Å². The molecule has 5 heteroatoms. The Morgan fingerprint density at radius 3 is 2.74 bits per heavy atom. The fourth-order valence-electron chi connectivity index (χ4n) is 3.05. The zero-order chi connectivity index (χ0) is 16.9. The molecule has 2 rings (SSSR count). The summed E-state index contributed by atoms with van der Waals surface area (Å²) >= 11 is 6.13. The maximum absolute atomic E-state index is 13.2. The van der Waals surface area contributed by atoms with Gasteiger partial charge in [-0.2, -0.15) is 0 Å². The maximum atomic E-state index is 13.2. The molecular weight excluding hydrogens is 315 g/mol. The monoisotopic (exact) mass is 340 g/mol. The van der Waals surface area contributed by atoms with E-state index in [4.69, 9.17) is 11.6 Å². The molecule has 0 bridgehead atoms. The van der Waals surface area contributed by atoms with E-state index < -0.39 is 0 Å². The number of amides is 1. The van der Waals surface area contributed by atoms with Crippen molar-refractivity contribution in [3.8, 4) is 0 Å². The Hall–Kier alpha value is -1.13. The molecule has 128 valence electrons. The molecule has 1 saturated heterocycles. The highest BCUT2D eigenvalue weighted by Crippen LogP contribution is 2.30. The lowest BCUT2D eigenvalue weighted by molar-refractivity contribution is -0.121. The van der Waals surface area contributed by atoms with Gasteiger partial charge in [-0.15, -0.1) is 0 Å². The topological polar surface area (TPSA) is 41.1 Å². The third-order valence-electron chi connectivity index (χ3n) is 4.63. The second-order valence-corrected chi connectivity index (χ2v) is 7.42. The molecule has 0 saturated carbocycles. The van der Waals surface area contributed by atoms with Crippen molar-refractivity contribution in [2.45, 2.75) is 44.9 Å². The number of hydrogen-bond acceptors (Lipinski definition) is 2. The molecule has 1 amide bonds. The average molecular weight is 341 g/mol. The Morgan fingerprint density at radius 2 is 2.09 bits per heavy atom. The van der Waals surface area contributed by atoms with E-state index in [1.807, 2.05) is 13.8 Å². The summed E-state index contributed by atoms with van der Waals surface area (Å²) in [5, 5.41) is 6.73. The van der Waals surface area contributed by atoms with Gasteiger partial charge in [0.2, 0.25) is 5.91 Å². The van der Waals surface area contributed by atoms with Crippen LogP contribution in [0.25, 0.3) is 0 Å². The van der Waals surface area contributed by atoms with E-state index >= 15 is 0 Å². The van der Waals surface area contributed by atoms with Crippen molar-refractivity contribution in [3.63, 3.8) is 0 Å². The molecule has 0 unspecified atom stereocenters. The lowest BCUT2D eigenvalue weighted by Gasteiger charge is -2.27. The molecule has 1 heterocycles. The molecule has 1 fully saturated rings. The zero-order valence-corrected chi connectivity index (χ0v) is 14.7. The summed E-state index contributed by atoms with van der Waals surface area (Å²) in [7, 11) is 0. The Labute approximate surface area is 143 Å². The first-order valence-electron chi connectivity index (χ1n) is 8.31. The van der Waals surface area contributed by atoms with Crippen LogP contribution >= 0.6 is 11.6 Å². The van der Waals surface area contributed by atoms with Crippen LogP contribution in [0.2, 0.25) is 5.02 Å². The Balaban J connectivity index is 1.82. The fourth-order valence-corrected chi connectivity index (χ4v) is 3.47. The summed E-state index contributed by atoms with van der Waals surface area (Å²) in [6.45, 7) is 6.60. The standard InChI is InChI=1S/C18H26ClFN2O/c1-18(2,15-5-4-14(20)11-16(15)19)12-22-17(23)6-3-13-7-9-21-10-8-13/h4-5,11,13,21H,3,6-10,12H2,1-2H3,(H,22,23). The molecule has 2 N–H and O–H groups in total. The van der Waals surface area contributed by atoms with Gasteiger partial charge >= 0.3 is 0 Å². The lowest BCUT2D eigenvalue weighted by Crippen LogP contribution is -2.37. The fraction of sp³-hybridized carbons (Fsp3) is 0.611. The molecule has 0 aliphatic carbocycles. The van der Waals surface area contributed by atoms with Gasteiger partial charge in [-0.1, -0.05) is 31.5 Å². The van der Waals surface area contributed by atoms with Gasteiger partial charge in [-0.05, 0) is 56.0 Å². The van der Waals surface area contributed by atoms with E-state index in [0.717, 1.165) is 37.9 Å². The summed E-state index contributed by atoms with van der Waals surface area (Å²) in [5.41, 5.74) is 0.508. The van der Waals surface area contributed by atoms with Gasteiger partial charge in [0.15, 0.2) is 0 Å². The van der Waals surface area contributed by atoms with Gasteiger partial charge in [0.25, 0.3) is 0 Å². The van der Waals surface area contributed by atoms with Crippen LogP contribution in [0.4, 0.5) is 4.39 Å². The minimum absolute atomic E-state index is 0.0786. The number of nitrogens with one attached hydrogen (secondary N) is 2. The Kier molecular flexibility index (Phi) is 6.42. The highest BCUT2D eigenvalue weighted by molar-refractivity contribution is 6.31. The molecule has 0 aromatic heterocycles. The molecule has 3 nitrogen and oxygen atoms in total. The van der Waals surface area contributed by atoms with Crippen molar-refractivity contribution in [2.24, 2.45) is 5.92 Å². The Morgan fingerprint density at radius 1 is 1.39 bits per heavy atom. The first-order valence-corrected chi connectivity index (χ1v) is 8.69. The SMILES string of the molecule is CC(C)(CNC(=O)CCC1CCNCC1)c1ccc(F)cc1Cl. The van der Waals surface area contributed by atoms with Crippen LogP contribution in [-0.2, 0) is 10.2 Å².